The van der Waals surface area contributed by atoms with Crippen molar-refractivity contribution in [1.82, 2.24) is 19.1 Å². The Balaban J connectivity index is 2.08. The van der Waals surface area contributed by atoms with Crippen LogP contribution in [-0.2, 0) is 27.9 Å². The highest BCUT2D eigenvalue weighted by Gasteiger charge is 2.41. The van der Waals surface area contributed by atoms with Crippen molar-refractivity contribution >= 4 is 27.6 Å². The molecule has 0 bridgehead atoms. The summed E-state index contributed by atoms with van der Waals surface area (Å²) in [5, 5.41) is 17.5. The quantitative estimate of drug-likeness (QED) is 0.875. The molecule has 10 heteroatoms. The van der Waals surface area contributed by atoms with Crippen molar-refractivity contribution in [2.75, 3.05) is 0 Å². The second kappa shape index (κ2) is 5.59. The van der Waals surface area contributed by atoms with Crippen molar-refractivity contribution in [3.63, 3.8) is 0 Å². The SMILES string of the molecule is Cc1nnc2n1CC(C(=O)O)N(S(=O)(=O)c1cccc(Cl)c1)C2. The molecule has 122 valence electrons. The molecule has 1 aliphatic heterocycles. The predicted octanol–water partition coefficient (Wildman–Crippen LogP) is 0.898. The average molecular weight is 357 g/mol. The molecule has 1 aromatic heterocycles. The first-order valence-corrected chi connectivity index (χ1v) is 8.51. The Morgan fingerprint density at radius 3 is 2.78 bits per heavy atom. The van der Waals surface area contributed by atoms with E-state index in [4.69, 9.17) is 11.6 Å². The largest absolute Gasteiger partial charge is 0.480 e. The van der Waals surface area contributed by atoms with Crippen molar-refractivity contribution in [2.24, 2.45) is 0 Å². The Labute approximate surface area is 137 Å². The van der Waals surface area contributed by atoms with Gasteiger partial charge in [-0.05, 0) is 25.1 Å². The van der Waals surface area contributed by atoms with E-state index < -0.39 is 22.0 Å². The van der Waals surface area contributed by atoms with Gasteiger partial charge in [0.25, 0.3) is 0 Å². The van der Waals surface area contributed by atoms with Gasteiger partial charge < -0.3 is 9.67 Å². The Morgan fingerprint density at radius 1 is 1.39 bits per heavy atom. The first kappa shape index (κ1) is 15.9. The Hall–Kier alpha value is -1.97. The van der Waals surface area contributed by atoms with Crippen LogP contribution in [0.15, 0.2) is 29.2 Å². The maximum atomic E-state index is 12.8. The Kier molecular flexibility index (Phi) is 3.86. The minimum absolute atomic E-state index is 0.0384. The highest BCUT2D eigenvalue weighted by atomic mass is 35.5. The average Bonchev–Trinajstić information content (AvgIpc) is 2.87. The van der Waals surface area contributed by atoms with Crippen LogP contribution in [0.5, 0.6) is 0 Å². The maximum Gasteiger partial charge on any atom is 0.323 e. The summed E-state index contributed by atoms with van der Waals surface area (Å²) in [6.07, 6.45) is 0. The third-order valence-electron chi connectivity index (χ3n) is 3.70. The van der Waals surface area contributed by atoms with Gasteiger partial charge in [0.1, 0.15) is 17.7 Å². The molecule has 1 unspecified atom stereocenters. The van der Waals surface area contributed by atoms with Crippen molar-refractivity contribution in [2.45, 2.75) is 31.0 Å². The fourth-order valence-corrected chi connectivity index (χ4v) is 4.34. The van der Waals surface area contributed by atoms with Crippen LogP contribution in [0.25, 0.3) is 0 Å². The molecule has 1 aromatic carbocycles. The summed E-state index contributed by atoms with van der Waals surface area (Å²) in [7, 11) is -4.03. The molecule has 1 N–H and O–H groups in total. The number of hydrogen-bond acceptors (Lipinski definition) is 5. The second-order valence-corrected chi connectivity index (χ2v) is 7.46. The fraction of sp³-hybridized carbons (Fsp3) is 0.308. The van der Waals surface area contributed by atoms with Crippen LogP contribution in [-0.4, -0.2) is 44.6 Å². The van der Waals surface area contributed by atoms with Gasteiger partial charge in [-0.2, -0.15) is 4.31 Å². The number of hydrogen-bond donors (Lipinski definition) is 1. The van der Waals surface area contributed by atoms with Gasteiger partial charge in [0.05, 0.1) is 18.0 Å². The van der Waals surface area contributed by atoms with E-state index in [0.29, 0.717) is 11.6 Å². The van der Waals surface area contributed by atoms with E-state index >= 15 is 0 Å². The minimum Gasteiger partial charge on any atom is -0.480 e. The van der Waals surface area contributed by atoms with E-state index in [2.05, 4.69) is 10.2 Å². The van der Waals surface area contributed by atoms with Gasteiger partial charge >= 0.3 is 5.97 Å². The molecule has 0 saturated heterocycles. The predicted molar refractivity (Wildman–Crippen MR) is 80.4 cm³/mol. The molecule has 2 aromatic rings. The van der Waals surface area contributed by atoms with Crippen molar-refractivity contribution < 1.29 is 18.3 Å². The summed E-state index contributed by atoms with van der Waals surface area (Å²) in [6.45, 7) is 1.49. The highest BCUT2D eigenvalue weighted by Crippen LogP contribution is 2.27. The molecule has 1 atom stereocenters. The number of nitrogens with zero attached hydrogens (tertiary/aromatic N) is 4. The van der Waals surface area contributed by atoms with E-state index in [1.165, 1.54) is 18.2 Å². The maximum absolute atomic E-state index is 12.8. The normalized spacial score (nSPS) is 18.6. The third kappa shape index (κ3) is 2.71. The van der Waals surface area contributed by atoms with Crippen molar-refractivity contribution in [3.05, 3.63) is 40.9 Å². The summed E-state index contributed by atoms with van der Waals surface area (Å²) in [5.74, 6) is -0.272. The van der Waals surface area contributed by atoms with E-state index in [1.807, 2.05) is 0 Å². The number of halogens is 1. The zero-order chi connectivity index (χ0) is 16.8. The van der Waals surface area contributed by atoms with Gasteiger partial charge in [0, 0.05) is 5.02 Å². The number of fused-ring (bicyclic) bond motifs is 1. The molecule has 1 aliphatic rings. The molecule has 0 radical (unpaired) electrons. The van der Waals surface area contributed by atoms with E-state index in [1.54, 1.807) is 17.6 Å². The third-order valence-corrected chi connectivity index (χ3v) is 5.79. The number of sulfonamides is 1. The number of carboxylic acids is 1. The number of carbonyl (C=O) groups is 1. The first-order valence-electron chi connectivity index (χ1n) is 6.69. The molecule has 0 amide bonds. The van der Waals surface area contributed by atoms with Crippen LogP contribution in [0.4, 0.5) is 0 Å². The van der Waals surface area contributed by atoms with E-state index in [-0.39, 0.29) is 23.0 Å². The summed E-state index contributed by atoms with van der Waals surface area (Å²) in [5.41, 5.74) is 0. The summed E-state index contributed by atoms with van der Waals surface area (Å²) in [4.78, 5) is 11.5. The van der Waals surface area contributed by atoms with Crippen LogP contribution in [0, 0.1) is 6.92 Å². The lowest BCUT2D eigenvalue weighted by molar-refractivity contribution is -0.142. The first-order chi connectivity index (χ1) is 10.8. The van der Waals surface area contributed by atoms with Crippen LogP contribution in [0.3, 0.4) is 0 Å². The summed E-state index contributed by atoms with van der Waals surface area (Å²) >= 11 is 5.85. The van der Waals surface area contributed by atoms with Crippen molar-refractivity contribution in [3.8, 4) is 0 Å². The molecule has 0 fully saturated rings. The number of benzene rings is 1. The lowest BCUT2D eigenvalue weighted by atomic mass is 10.2. The molecule has 0 saturated carbocycles. The Bertz CT molecular complexity index is 880. The topological polar surface area (TPSA) is 105 Å². The van der Waals surface area contributed by atoms with Crippen molar-refractivity contribution in [1.29, 1.82) is 0 Å². The smallest absolute Gasteiger partial charge is 0.323 e. The van der Waals surface area contributed by atoms with Crippen LogP contribution in [0.1, 0.15) is 11.6 Å². The van der Waals surface area contributed by atoms with Gasteiger partial charge in [-0.15, -0.1) is 10.2 Å². The standard InChI is InChI=1S/C13H13ClN4O4S/c1-8-15-16-12-7-18(11(13(19)20)6-17(8)12)23(21,22)10-4-2-3-9(14)5-10/h2-5,11H,6-7H2,1H3,(H,19,20). The highest BCUT2D eigenvalue weighted by molar-refractivity contribution is 7.89. The van der Waals surface area contributed by atoms with Crippen LogP contribution < -0.4 is 0 Å². The molecule has 0 spiro atoms. The molecule has 23 heavy (non-hydrogen) atoms. The minimum atomic E-state index is -4.03. The zero-order valence-corrected chi connectivity index (χ0v) is 13.6. The lowest BCUT2D eigenvalue weighted by Gasteiger charge is -2.32. The van der Waals surface area contributed by atoms with Gasteiger partial charge in [0.2, 0.25) is 10.0 Å². The van der Waals surface area contributed by atoms with E-state index in [9.17, 15) is 18.3 Å². The molecule has 2 heterocycles. The van der Waals surface area contributed by atoms with E-state index in [0.717, 1.165) is 4.31 Å². The number of rotatable bonds is 3. The molecular formula is C13H13ClN4O4S. The molecule has 8 nitrogen and oxygen atoms in total. The van der Waals surface area contributed by atoms with Crippen LogP contribution in [0.2, 0.25) is 5.02 Å². The number of aliphatic carboxylic acids is 1. The monoisotopic (exact) mass is 356 g/mol. The zero-order valence-electron chi connectivity index (χ0n) is 12.0. The number of carboxylic acid groups (broad SMARTS) is 1. The lowest BCUT2D eigenvalue weighted by Crippen LogP contribution is -2.50. The van der Waals surface area contributed by atoms with Gasteiger partial charge in [-0.1, -0.05) is 17.7 Å². The molecule has 0 aliphatic carbocycles. The molecular weight excluding hydrogens is 344 g/mol. The second-order valence-electron chi connectivity index (χ2n) is 5.14. The Morgan fingerprint density at radius 2 is 2.13 bits per heavy atom. The van der Waals surface area contributed by atoms with Crippen LogP contribution >= 0.6 is 11.6 Å². The van der Waals surface area contributed by atoms with Gasteiger partial charge in [-0.25, -0.2) is 8.42 Å². The number of aryl methyl sites for hydroxylation is 1. The summed E-state index contributed by atoms with van der Waals surface area (Å²) < 4.78 is 28.2. The number of aromatic nitrogens is 3. The van der Waals surface area contributed by atoms with Gasteiger partial charge in [-0.3, -0.25) is 4.79 Å². The summed E-state index contributed by atoms with van der Waals surface area (Å²) in [6, 6.07) is 4.49. The van der Waals surface area contributed by atoms with Gasteiger partial charge in [0.15, 0.2) is 0 Å². The fourth-order valence-electron chi connectivity index (χ4n) is 2.51. The molecule has 3 rings (SSSR count).